The molecule has 0 bridgehead atoms. The highest BCUT2D eigenvalue weighted by Crippen LogP contribution is 2.36. The standard InChI is InChI=1S/C22H20N4O3/c23-21-20-17(10-26(22(20)25-13-24-21)18-11-28-12-19(18)27)14-6-8-16(9-7-14)29-15-4-2-1-3-5-15/h1-10,13,18-19,27H,11-12H2,(H2,23,24,25). The van der Waals surface area contributed by atoms with Crippen molar-refractivity contribution in [2.45, 2.75) is 12.1 Å². The zero-order valence-electron chi connectivity index (χ0n) is 15.6. The van der Waals surface area contributed by atoms with Gasteiger partial charge in [-0.2, -0.15) is 0 Å². The van der Waals surface area contributed by atoms with Crippen molar-refractivity contribution in [3.63, 3.8) is 0 Å². The summed E-state index contributed by atoms with van der Waals surface area (Å²) < 4.78 is 13.2. The van der Waals surface area contributed by atoms with Gasteiger partial charge in [0, 0.05) is 11.8 Å². The fraction of sp³-hybridized carbons (Fsp3) is 0.182. The number of hydrogen-bond donors (Lipinski definition) is 2. The van der Waals surface area contributed by atoms with Crippen LogP contribution in [0.15, 0.2) is 67.1 Å². The Balaban J connectivity index is 1.54. The van der Waals surface area contributed by atoms with Crippen molar-refractivity contribution in [2.24, 2.45) is 0 Å². The van der Waals surface area contributed by atoms with E-state index >= 15 is 0 Å². The van der Waals surface area contributed by atoms with E-state index in [-0.39, 0.29) is 6.04 Å². The molecule has 1 saturated heterocycles. The maximum atomic E-state index is 10.3. The Morgan fingerprint density at radius 1 is 1.00 bits per heavy atom. The van der Waals surface area contributed by atoms with Gasteiger partial charge in [0.1, 0.15) is 35.4 Å². The molecule has 2 atom stereocenters. The van der Waals surface area contributed by atoms with Crippen LogP contribution in [0.1, 0.15) is 6.04 Å². The molecule has 1 aliphatic heterocycles. The van der Waals surface area contributed by atoms with Crippen LogP contribution >= 0.6 is 0 Å². The summed E-state index contributed by atoms with van der Waals surface area (Å²) in [6, 6.07) is 17.2. The molecular weight excluding hydrogens is 368 g/mol. The van der Waals surface area contributed by atoms with Crippen LogP contribution in [0.4, 0.5) is 5.82 Å². The zero-order chi connectivity index (χ0) is 19.8. The number of nitrogens with zero attached hydrogens (tertiary/aromatic N) is 3. The Kier molecular flexibility index (Phi) is 4.38. The minimum atomic E-state index is -0.587. The minimum absolute atomic E-state index is 0.207. The first-order valence-electron chi connectivity index (χ1n) is 9.41. The highest BCUT2D eigenvalue weighted by atomic mass is 16.5. The Bertz CT molecular complexity index is 1140. The molecule has 5 rings (SSSR count). The lowest BCUT2D eigenvalue weighted by Gasteiger charge is -2.15. The molecule has 0 aliphatic carbocycles. The van der Waals surface area contributed by atoms with Gasteiger partial charge in [0.15, 0.2) is 0 Å². The van der Waals surface area contributed by atoms with Crippen LogP contribution in [0.25, 0.3) is 22.2 Å². The molecule has 2 aromatic heterocycles. The molecule has 1 fully saturated rings. The van der Waals surface area contributed by atoms with E-state index in [1.54, 1.807) is 0 Å². The summed E-state index contributed by atoms with van der Waals surface area (Å²) in [6.07, 6.45) is 2.82. The zero-order valence-corrected chi connectivity index (χ0v) is 15.6. The normalized spacial score (nSPS) is 18.9. The Labute approximate surface area is 167 Å². The van der Waals surface area contributed by atoms with Crippen LogP contribution in [0.2, 0.25) is 0 Å². The van der Waals surface area contributed by atoms with Crippen molar-refractivity contribution in [1.82, 2.24) is 14.5 Å². The monoisotopic (exact) mass is 388 g/mol. The van der Waals surface area contributed by atoms with Crippen molar-refractivity contribution in [1.29, 1.82) is 0 Å². The number of nitrogen functional groups attached to an aromatic ring is 1. The van der Waals surface area contributed by atoms with Crippen LogP contribution in [0, 0.1) is 0 Å². The molecule has 0 spiro atoms. The number of aliphatic hydroxyl groups excluding tert-OH is 1. The Morgan fingerprint density at radius 3 is 2.48 bits per heavy atom. The average molecular weight is 388 g/mol. The van der Waals surface area contributed by atoms with Crippen molar-refractivity contribution in [3.05, 3.63) is 67.1 Å². The summed E-state index contributed by atoms with van der Waals surface area (Å²) in [5, 5.41) is 11.1. The predicted molar refractivity (Wildman–Crippen MR) is 110 cm³/mol. The number of nitrogens with two attached hydrogens (primary N) is 1. The number of rotatable bonds is 4. The third kappa shape index (κ3) is 3.20. The Morgan fingerprint density at radius 2 is 1.76 bits per heavy atom. The van der Waals surface area contributed by atoms with Crippen LogP contribution < -0.4 is 10.5 Å². The minimum Gasteiger partial charge on any atom is -0.457 e. The molecule has 0 amide bonds. The average Bonchev–Trinajstić information content (AvgIpc) is 3.33. The van der Waals surface area contributed by atoms with E-state index in [0.717, 1.165) is 28.0 Å². The van der Waals surface area contributed by atoms with Crippen LogP contribution in [0.5, 0.6) is 11.5 Å². The van der Waals surface area contributed by atoms with Gasteiger partial charge in [-0.1, -0.05) is 30.3 Å². The molecule has 0 saturated carbocycles. The summed E-state index contributed by atoms with van der Waals surface area (Å²) >= 11 is 0. The quantitative estimate of drug-likeness (QED) is 0.556. The number of aliphatic hydroxyl groups is 1. The SMILES string of the molecule is Nc1ncnc2c1c(-c1ccc(Oc3ccccc3)cc1)cn2C1COCC1O. The summed E-state index contributed by atoms with van der Waals surface area (Å²) in [5.41, 5.74) is 8.75. The molecule has 0 radical (unpaired) electrons. The maximum Gasteiger partial charge on any atom is 0.146 e. The molecule has 7 heteroatoms. The number of para-hydroxylation sites is 1. The number of benzene rings is 2. The fourth-order valence-electron chi connectivity index (χ4n) is 3.70. The van der Waals surface area contributed by atoms with Gasteiger partial charge in [-0.15, -0.1) is 0 Å². The molecule has 7 nitrogen and oxygen atoms in total. The van der Waals surface area contributed by atoms with E-state index in [0.29, 0.717) is 24.7 Å². The molecule has 29 heavy (non-hydrogen) atoms. The third-order valence-corrected chi connectivity index (χ3v) is 5.16. The second-order valence-corrected chi connectivity index (χ2v) is 7.02. The third-order valence-electron chi connectivity index (χ3n) is 5.16. The van der Waals surface area contributed by atoms with E-state index < -0.39 is 6.10 Å². The topological polar surface area (TPSA) is 95.4 Å². The van der Waals surface area contributed by atoms with Gasteiger partial charge in [-0.3, -0.25) is 0 Å². The maximum absolute atomic E-state index is 10.3. The lowest BCUT2D eigenvalue weighted by atomic mass is 10.1. The number of anilines is 1. The first-order valence-corrected chi connectivity index (χ1v) is 9.41. The van der Waals surface area contributed by atoms with E-state index in [2.05, 4.69) is 9.97 Å². The van der Waals surface area contributed by atoms with Crippen molar-refractivity contribution < 1.29 is 14.6 Å². The molecule has 3 N–H and O–H groups in total. The fourth-order valence-corrected chi connectivity index (χ4v) is 3.70. The number of fused-ring (bicyclic) bond motifs is 1. The molecule has 146 valence electrons. The smallest absolute Gasteiger partial charge is 0.146 e. The molecule has 2 unspecified atom stereocenters. The summed E-state index contributed by atoms with van der Waals surface area (Å²) in [7, 11) is 0. The number of ether oxygens (including phenoxy) is 2. The summed E-state index contributed by atoms with van der Waals surface area (Å²) in [6.45, 7) is 0.740. The van der Waals surface area contributed by atoms with Gasteiger partial charge in [0.25, 0.3) is 0 Å². The molecular formula is C22H20N4O3. The number of hydrogen-bond acceptors (Lipinski definition) is 6. The van der Waals surface area contributed by atoms with Gasteiger partial charge in [0.05, 0.1) is 24.6 Å². The lowest BCUT2D eigenvalue weighted by molar-refractivity contribution is 0.120. The highest BCUT2D eigenvalue weighted by Gasteiger charge is 2.30. The first-order chi connectivity index (χ1) is 14.2. The molecule has 3 heterocycles. The summed E-state index contributed by atoms with van der Waals surface area (Å²) in [4.78, 5) is 8.58. The summed E-state index contributed by atoms with van der Waals surface area (Å²) in [5.74, 6) is 1.93. The molecule has 2 aromatic carbocycles. The van der Waals surface area contributed by atoms with E-state index in [1.807, 2.05) is 65.4 Å². The predicted octanol–water partition coefficient (Wildman–Crippen LogP) is 3.41. The second-order valence-electron chi connectivity index (χ2n) is 7.02. The lowest BCUT2D eigenvalue weighted by Crippen LogP contribution is -2.21. The Hall–Kier alpha value is -3.42. The van der Waals surface area contributed by atoms with E-state index in [4.69, 9.17) is 15.2 Å². The van der Waals surface area contributed by atoms with Crippen molar-refractivity contribution >= 4 is 16.9 Å². The largest absolute Gasteiger partial charge is 0.457 e. The van der Waals surface area contributed by atoms with Crippen LogP contribution in [-0.2, 0) is 4.74 Å². The first kappa shape index (κ1) is 17.7. The van der Waals surface area contributed by atoms with Gasteiger partial charge in [0.2, 0.25) is 0 Å². The van der Waals surface area contributed by atoms with Gasteiger partial charge < -0.3 is 24.9 Å². The van der Waals surface area contributed by atoms with E-state index in [1.165, 1.54) is 6.33 Å². The second kappa shape index (κ2) is 7.20. The van der Waals surface area contributed by atoms with Crippen molar-refractivity contribution in [2.75, 3.05) is 18.9 Å². The number of aromatic nitrogens is 3. The van der Waals surface area contributed by atoms with Crippen molar-refractivity contribution in [3.8, 4) is 22.6 Å². The van der Waals surface area contributed by atoms with Crippen LogP contribution in [-0.4, -0.2) is 39.0 Å². The van der Waals surface area contributed by atoms with Crippen LogP contribution in [0.3, 0.4) is 0 Å². The van der Waals surface area contributed by atoms with E-state index in [9.17, 15) is 5.11 Å². The van der Waals surface area contributed by atoms with Gasteiger partial charge >= 0.3 is 0 Å². The molecule has 4 aromatic rings. The van der Waals surface area contributed by atoms with Gasteiger partial charge in [-0.05, 0) is 29.8 Å². The van der Waals surface area contributed by atoms with Gasteiger partial charge in [-0.25, -0.2) is 9.97 Å². The highest BCUT2D eigenvalue weighted by molar-refractivity contribution is 6.00. The molecule has 1 aliphatic rings.